The molecule has 1 amide bonds. The van der Waals surface area contributed by atoms with Crippen LogP contribution in [-0.2, 0) is 24.3 Å². The van der Waals surface area contributed by atoms with E-state index in [1.807, 2.05) is 4.72 Å². The van der Waals surface area contributed by atoms with Gasteiger partial charge in [-0.05, 0) is 37.3 Å². The van der Waals surface area contributed by atoms with Crippen LogP contribution in [0.15, 0.2) is 41.3 Å². The summed E-state index contributed by atoms with van der Waals surface area (Å²) in [6.45, 7) is 0.751. The first-order valence-electron chi connectivity index (χ1n) is 8.39. The zero-order valence-corrected chi connectivity index (χ0v) is 16.2. The third-order valence-corrected chi connectivity index (χ3v) is 5.15. The Morgan fingerprint density at radius 1 is 1.00 bits per heavy atom. The fourth-order valence-corrected chi connectivity index (χ4v) is 3.19. The van der Waals surface area contributed by atoms with Crippen LogP contribution in [0.4, 0.5) is 23.2 Å². The molecular weight excluding hydrogens is 432 g/mol. The molecule has 0 aromatic heterocycles. The van der Waals surface area contributed by atoms with Gasteiger partial charge in [-0.25, -0.2) is 30.7 Å². The highest BCUT2D eigenvalue weighted by molar-refractivity contribution is 7.89. The van der Waals surface area contributed by atoms with Gasteiger partial charge in [-0.1, -0.05) is 0 Å². The van der Waals surface area contributed by atoms with Gasteiger partial charge in [-0.3, -0.25) is 9.59 Å². The van der Waals surface area contributed by atoms with E-state index in [0.29, 0.717) is 18.2 Å². The Morgan fingerprint density at radius 2 is 1.70 bits per heavy atom. The van der Waals surface area contributed by atoms with Gasteiger partial charge in [0.05, 0.1) is 17.0 Å². The normalized spacial score (nSPS) is 12.3. The third kappa shape index (κ3) is 6.26. The first-order valence-corrected chi connectivity index (χ1v) is 9.88. The maximum Gasteiger partial charge on any atom is 0.307 e. The summed E-state index contributed by atoms with van der Waals surface area (Å²) in [6, 6.07) is 4.45. The lowest BCUT2D eigenvalue weighted by Gasteiger charge is -2.14. The minimum Gasteiger partial charge on any atom is -0.452 e. The molecule has 0 aliphatic carbocycles. The summed E-state index contributed by atoms with van der Waals surface area (Å²) in [5.41, 5.74) is -0.316. The number of amides is 1. The highest BCUT2D eigenvalue weighted by Crippen LogP contribution is 2.16. The number of carbonyl (C=O) groups excluding carboxylic acids is 2. The molecule has 0 radical (unpaired) electrons. The molecule has 2 aromatic carbocycles. The van der Waals surface area contributed by atoms with Crippen LogP contribution in [0.2, 0.25) is 0 Å². The molecule has 0 heterocycles. The summed E-state index contributed by atoms with van der Waals surface area (Å²) in [4.78, 5) is 23.2. The first-order chi connectivity index (χ1) is 14.0. The van der Waals surface area contributed by atoms with Crippen LogP contribution in [0.5, 0.6) is 0 Å². The van der Waals surface area contributed by atoms with E-state index in [4.69, 9.17) is 4.74 Å². The number of ether oxygens (including phenoxy) is 1. The van der Waals surface area contributed by atoms with Gasteiger partial charge >= 0.3 is 5.97 Å². The lowest BCUT2D eigenvalue weighted by Crippen LogP contribution is -2.32. The number of carbonyl (C=O) groups is 2. The molecule has 0 aliphatic heterocycles. The zero-order valence-electron chi connectivity index (χ0n) is 15.4. The molecule has 1 atom stereocenters. The molecule has 0 aliphatic rings. The van der Waals surface area contributed by atoms with Crippen molar-refractivity contribution in [2.24, 2.45) is 0 Å². The number of halogens is 4. The van der Waals surface area contributed by atoms with Gasteiger partial charge < -0.3 is 10.1 Å². The molecule has 0 spiro atoms. The van der Waals surface area contributed by atoms with Crippen molar-refractivity contribution in [2.45, 2.75) is 24.3 Å². The summed E-state index contributed by atoms with van der Waals surface area (Å²) in [7, 11) is -4.21. The maximum absolute atomic E-state index is 13.5. The number of hydrogen-bond donors (Lipinski definition) is 2. The van der Waals surface area contributed by atoms with Gasteiger partial charge in [0, 0.05) is 12.6 Å². The van der Waals surface area contributed by atoms with E-state index in [9.17, 15) is 35.6 Å². The van der Waals surface area contributed by atoms with Gasteiger partial charge in [0.25, 0.3) is 5.91 Å². The predicted molar refractivity (Wildman–Crippen MR) is 96.7 cm³/mol. The van der Waals surface area contributed by atoms with Gasteiger partial charge in [-0.15, -0.1) is 0 Å². The molecule has 162 valence electrons. The molecule has 2 aromatic rings. The lowest BCUT2D eigenvalue weighted by atomic mass is 10.2. The summed E-state index contributed by atoms with van der Waals surface area (Å²) >= 11 is 0. The lowest BCUT2D eigenvalue weighted by molar-refractivity contribution is -0.152. The quantitative estimate of drug-likeness (QED) is 0.477. The molecule has 0 saturated heterocycles. The van der Waals surface area contributed by atoms with Gasteiger partial charge in [0.2, 0.25) is 10.0 Å². The number of benzene rings is 2. The minimum atomic E-state index is -4.21. The summed E-state index contributed by atoms with van der Waals surface area (Å²) < 4.78 is 83.2. The molecule has 2 rings (SSSR count). The average Bonchev–Trinajstić information content (AvgIpc) is 2.65. The number of hydrogen-bond acceptors (Lipinski definition) is 5. The highest BCUT2D eigenvalue weighted by Gasteiger charge is 2.21. The summed E-state index contributed by atoms with van der Waals surface area (Å²) in [5, 5.41) is 2.12. The summed E-state index contributed by atoms with van der Waals surface area (Å²) in [6.07, 6.45) is -1.84. The Bertz CT molecular complexity index is 1060. The number of esters is 1. The van der Waals surface area contributed by atoms with Crippen molar-refractivity contribution in [3.8, 4) is 0 Å². The minimum absolute atomic E-state index is 0.316. The molecule has 1 unspecified atom stereocenters. The molecule has 0 fully saturated rings. The molecular formula is C18H16F4N2O5S. The van der Waals surface area contributed by atoms with E-state index in [0.717, 1.165) is 18.2 Å². The smallest absolute Gasteiger partial charge is 0.307 e. The zero-order chi connectivity index (χ0) is 22.5. The van der Waals surface area contributed by atoms with Crippen molar-refractivity contribution in [1.82, 2.24) is 4.72 Å². The van der Waals surface area contributed by atoms with E-state index >= 15 is 0 Å². The van der Waals surface area contributed by atoms with Gasteiger partial charge in [0.15, 0.2) is 17.7 Å². The van der Waals surface area contributed by atoms with Crippen molar-refractivity contribution in [3.63, 3.8) is 0 Å². The van der Waals surface area contributed by atoms with Crippen LogP contribution in [0, 0.1) is 23.3 Å². The van der Waals surface area contributed by atoms with Crippen LogP contribution in [0.1, 0.15) is 13.3 Å². The Labute approximate surface area is 169 Å². The molecule has 2 N–H and O–H groups in total. The van der Waals surface area contributed by atoms with E-state index in [1.54, 1.807) is 0 Å². The maximum atomic E-state index is 13.5. The van der Waals surface area contributed by atoms with Crippen LogP contribution >= 0.6 is 0 Å². The molecule has 7 nitrogen and oxygen atoms in total. The molecule has 12 heteroatoms. The van der Waals surface area contributed by atoms with Gasteiger partial charge in [0.1, 0.15) is 11.6 Å². The topological polar surface area (TPSA) is 102 Å². The SMILES string of the molecule is CC(OC(=O)CCNS(=O)(=O)c1ccc(F)c(F)c1)C(=O)Nc1ccc(F)cc1F. The van der Waals surface area contributed by atoms with E-state index in [-0.39, 0.29) is 5.69 Å². The van der Waals surface area contributed by atoms with Gasteiger partial charge in [-0.2, -0.15) is 0 Å². The number of nitrogens with one attached hydrogen (secondary N) is 2. The van der Waals surface area contributed by atoms with Crippen LogP contribution in [0.3, 0.4) is 0 Å². The van der Waals surface area contributed by atoms with Crippen LogP contribution in [-0.4, -0.2) is 32.9 Å². The Kier molecular flexibility index (Phi) is 7.51. The monoisotopic (exact) mass is 448 g/mol. The van der Waals surface area contributed by atoms with Crippen LogP contribution < -0.4 is 10.0 Å². The van der Waals surface area contributed by atoms with Crippen molar-refractivity contribution in [2.75, 3.05) is 11.9 Å². The summed E-state index contributed by atoms with van der Waals surface area (Å²) in [5.74, 6) is -6.27. The van der Waals surface area contributed by atoms with Crippen molar-refractivity contribution >= 4 is 27.6 Å². The Hall–Kier alpha value is -2.99. The number of rotatable bonds is 8. The molecule has 0 saturated carbocycles. The van der Waals surface area contributed by atoms with E-state index < -0.39 is 69.1 Å². The average molecular weight is 448 g/mol. The molecule has 0 bridgehead atoms. The molecule has 30 heavy (non-hydrogen) atoms. The second-order valence-corrected chi connectivity index (χ2v) is 7.74. The predicted octanol–water partition coefficient (Wildman–Crippen LogP) is 2.48. The first kappa shape index (κ1) is 23.3. The van der Waals surface area contributed by atoms with Crippen LogP contribution in [0.25, 0.3) is 0 Å². The van der Waals surface area contributed by atoms with Crippen molar-refractivity contribution < 1.29 is 40.3 Å². The van der Waals surface area contributed by atoms with Crippen molar-refractivity contribution in [1.29, 1.82) is 0 Å². The highest BCUT2D eigenvalue weighted by atomic mass is 32.2. The van der Waals surface area contributed by atoms with E-state index in [1.165, 1.54) is 6.92 Å². The Morgan fingerprint density at radius 3 is 2.33 bits per heavy atom. The number of anilines is 1. The standard InChI is InChI=1S/C18H16F4N2O5S/c1-10(18(26)24-16-5-2-11(19)8-15(16)22)29-17(25)6-7-23-30(27,28)12-3-4-13(20)14(21)9-12/h2-5,8-10,23H,6-7H2,1H3,(H,24,26). The van der Waals surface area contributed by atoms with E-state index in [2.05, 4.69) is 5.32 Å². The second kappa shape index (κ2) is 9.67. The van der Waals surface area contributed by atoms with Crippen molar-refractivity contribution in [3.05, 3.63) is 59.7 Å². The second-order valence-electron chi connectivity index (χ2n) is 5.97. The fraction of sp³-hybridized carbons (Fsp3) is 0.222. The fourth-order valence-electron chi connectivity index (χ4n) is 2.15. The Balaban J connectivity index is 1.84. The number of sulfonamides is 1. The third-order valence-electron chi connectivity index (χ3n) is 3.69. The largest absolute Gasteiger partial charge is 0.452 e.